The first-order chi connectivity index (χ1) is 8.29. The third-order valence-corrected chi connectivity index (χ3v) is 4.77. The van der Waals surface area contributed by atoms with E-state index in [1.807, 2.05) is 6.92 Å². The van der Waals surface area contributed by atoms with Gasteiger partial charge in [0.2, 0.25) is 0 Å². The van der Waals surface area contributed by atoms with Gasteiger partial charge in [-0.15, -0.1) is 11.3 Å². The molecule has 2 heterocycles. The number of fused-ring (bicyclic) bond motifs is 1. The standard InChI is InChI=1S/C13H11NOS2/c1-8-13(15-2)17-12(14-8)10-7-16-11-6-4-3-5-9(10)11/h3-7H,1-2H3. The maximum Gasteiger partial charge on any atom is 0.197 e. The molecule has 0 aliphatic carbocycles. The summed E-state index contributed by atoms with van der Waals surface area (Å²) in [5.74, 6) is 0. The van der Waals surface area contributed by atoms with E-state index in [1.165, 1.54) is 15.6 Å². The fourth-order valence-corrected chi connectivity index (χ4v) is 3.76. The Kier molecular flexibility index (Phi) is 2.61. The van der Waals surface area contributed by atoms with Crippen LogP contribution in [0.2, 0.25) is 0 Å². The van der Waals surface area contributed by atoms with Crippen LogP contribution in [0.3, 0.4) is 0 Å². The summed E-state index contributed by atoms with van der Waals surface area (Å²) in [6.07, 6.45) is 0. The van der Waals surface area contributed by atoms with E-state index in [4.69, 9.17) is 4.74 Å². The Morgan fingerprint density at radius 3 is 2.82 bits per heavy atom. The largest absolute Gasteiger partial charge is 0.486 e. The third kappa shape index (κ3) is 1.73. The molecule has 0 atom stereocenters. The van der Waals surface area contributed by atoms with Crippen LogP contribution in [0, 0.1) is 6.92 Å². The monoisotopic (exact) mass is 261 g/mol. The van der Waals surface area contributed by atoms with Crippen LogP contribution in [0.15, 0.2) is 29.6 Å². The van der Waals surface area contributed by atoms with Gasteiger partial charge in [0.05, 0.1) is 12.8 Å². The van der Waals surface area contributed by atoms with Gasteiger partial charge in [-0.2, -0.15) is 0 Å². The van der Waals surface area contributed by atoms with Crippen molar-refractivity contribution in [2.24, 2.45) is 0 Å². The van der Waals surface area contributed by atoms with Gasteiger partial charge < -0.3 is 4.74 Å². The molecule has 86 valence electrons. The minimum absolute atomic E-state index is 0.898. The van der Waals surface area contributed by atoms with Crippen molar-refractivity contribution in [3.8, 4) is 15.6 Å². The van der Waals surface area contributed by atoms with Crippen LogP contribution in [0.25, 0.3) is 20.7 Å². The Labute approximate surface area is 108 Å². The van der Waals surface area contributed by atoms with Crippen molar-refractivity contribution in [1.82, 2.24) is 4.98 Å². The molecule has 0 amide bonds. The summed E-state index contributed by atoms with van der Waals surface area (Å²) >= 11 is 3.36. The first-order valence-corrected chi connectivity index (χ1v) is 6.97. The molecule has 3 aromatic rings. The highest BCUT2D eigenvalue weighted by Crippen LogP contribution is 2.39. The number of hydrogen-bond acceptors (Lipinski definition) is 4. The zero-order chi connectivity index (χ0) is 11.8. The molecule has 1 aromatic carbocycles. The summed E-state index contributed by atoms with van der Waals surface area (Å²) in [4.78, 5) is 4.57. The molecule has 0 bridgehead atoms. The quantitative estimate of drug-likeness (QED) is 0.684. The van der Waals surface area contributed by atoms with Crippen LogP contribution >= 0.6 is 22.7 Å². The number of methoxy groups -OCH3 is 1. The summed E-state index contributed by atoms with van der Waals surface area (Å²) in [6, 6.07) is 8.41. The van der Waals surface area contributed by atoms with Crippen molar-refractivity contribution >= 4 is 32.8 Å². The topological polar surface area (TPSA) is 22.1 Å². The number of aryl methyl sites for hydroxylation is 1. The van der Waals surface area contributed by atoms with E-state index in [1.54, 1.807) is 29.8 Å². The normalized spacial score (nSPS) is 10.9. The molecule has 0 saturated carbocycles. The second-order valence-electron chi connectivity index (χ2n) is 3.74. The number of aromatic nitrogens is 1. The van der Waals surface area contributed by atoms with E-state index in [-0.39, 0.29) is 0 Å². The number of hydrogen-bond donors (Lipinski definition) is 0. The summed E-state index contributed by atoms with van der Waals surface area (Å²) < 4.78 is 6.60. The number of nitrogens with zero attached hydrogens (tertiary/aromatic N) is 1. The SMILES string of the molecule is COc1sc(-c2csc3ccccc23)nc1C. The Balaban J connectivity index is 2.20. The van der Waals surface area contributed by atoms with Crippen molar-refractivity contribution in [3.63, 3.8) is 0 Å². The highest BCUT2D eigenvalue weighted by atomic mass is 32.1. The summed E-state index contributed by atoms with van der Waals surface area (Å²) in [7, 11) is 1.69. The van der Waals surface area contributed by atoms with Crippen molar-refractivity contribution in [2.45, 2.75) is 6.92 Å². The Bertz CT molecular complexity index is 669. The molecule has 0 unspecified atom stereocenters. The zero-order valence-corrected chi connectivity index (χ0v) is 11.2. The van der Waals surface area contributed by atoms with Gasteiger partial charge in [-0.05, 0) is 13.0 Å². The number of rotatable bonds is 2. The van der Waals surface area contributed by atoms with Gasteiger partial charge in [0.15, 0.2) is 5.06 Å². The van der Waals surface area contributed by atoms with E-state index in [9.17, 15) is 0 Å². The van der Waals surface area contributed by atoms with Crippen LogP contribution in [0.5, 0.6) is 5.06 Å². The van der Waals surface area contributed by atoms with E-state index in [0.717, 1.165) is 15.8 Å². The molecule has 0 fully saturated rings. The lowest BCUT2D eigenvalue weighted by Gasteiger charge is -1.93. The first kappa shape index (κ1) is 10.7. The van der Waals surface area contributed by atoms with E-state index in [2.05, 4.69) is 34.6 Å². The third-order valence-electron chi connectivity index (χ3n) is 2.65. The number of benzene rings is 1. The van der Waals surface area contributed by atoms with Crippen molar-refractivity contribution in [2.75, 3.05) is 7.11 Å². The predicted octanol–water partition coefficient (Wildman–Crippen LogP) is 4.34. The molecule has 0 saturated heterocycles. The highest BCUT2D eigenvalue weighted by Gasteiger charge is 2.13. The van der Waals surface area contributed by atoms with Crippen LogP contribution < -0.4 is 4.74 Å². The van der Waals surface area contributed by atoms with Crippen LogP contribution in [0.1, 0.15) is 5.69 Å². The number of thiazole rings is 1. The van der Waals surface area contributed by atoms with Crippen molar-refractivity contribution < 1.29 is 4.74 Å². The highest BCUT2D eigenvalue weighted by molar-refractivity contribution is 7.19. The summed E-state index contributed by atoms with van der Waals surface area (Å²) in [6.45, 7) is 1.98. The molecule has 4 heteroatoms. The van der Waals surface area contributed by atoms with Gasteiger partial charge in [-0.25, -0.2) is 4.98 Å². The smallest absolute Gasteiger partial charge is 0.197 e. The zero-order valence-electron chi connectivity index (χ0n) is 9.56. The maximum absolute atomic E-state index is 5.30. The molecular weight excluding hydrogens is 250 g/mol. The molecule has 0 aliphatic heterocycles. The Morgan fingerprint density at radius 1 is 1.24 bits per heavy atom. The van der Waals surface area contributed by atoms with Crippen LogP contribution in [-0.2, 0) is 0 Å². The molecular formula is C13H11NOS2. The lowest BCUT2D eigenvalue weighted by atomic mass is 10.2. The van der Waals surface area contributed by atoms with Gasteiger partial charge in [0.1, 0.15) is 5.01 Å². The predicted molar refractivity (Wildman–Crippen MR) is 74.2 cm³/mol. The minimum atomic E-state index is 0.898. The molecule has 0 aliphatic rings. The minimum Gasteiger partial charge on any atom is -0.486 e. The number of ether oxygens (including phenoxy) is 1. The Hall–Kier alpha value is -1.39. The molecule has 0 radical (unpaired) electrons. The lowest BCUT2D eigenvalue weighted by molar-refractivity contribution is 0.423. The van der Waals surface area contributed by atoms with E-state index < -0.39 is 0 Å². The summed E-state index contributed by atoms with van der Waals surface area (Å²) in [5, 5.41) is 5.38. The molecule has 2 aromatic heterocycles. The number of thiophene rings is 1. The average molecular weight is 261 g/mol. The molecule has 3 rings (SSSR count). The van der Waals surface area contributed by atoms with Gasteiger partial charge in [-0.3, -0.25) is 0 Å². The fourth-order valence-electron chi connectivity index (χ4n) is 1.83. The van der Waals surface area contributed by atoms with Crippen molar-refractivity contribution in [1.29, 1.82) is 0 Å². The summed E-state index contributed by atoms with van der Waals surface area (Å²) in [5.41, 5.74) is 2.17. The molecule has 0 N–H and O–H groups in total. The Morgan fingerprint density at radius 2 is 2.06 bits per heavy atom. The molecule has 2 nitrogen and oxygen atoms in total. The molecule has 0 spiro atoms. The second kappa shape index (κ2) is 4.13. The maximum atomic E-state index is 5.30. The van der Waals surface area contributed by atoms with Gasteiger partial charge in [-0.1, -0.05) is 29.5 Å². The van der Waals surface area contributed by atoms with Gasteiger partial charge in [0.25, 0.3) is 0 Å². The van der Waals surface area contributed by atoms with Gasteiger partial charge in [0, 0.05) is 21.0 Å². The molecule has 17 heavy (non-hydrogen) atoms. The second-order valence-corrected chi connectivity index (χ2v) is 5.61. The van der Waals surface area contributed by atoms with E-state index in [0.29, 0.717) is 0 Å². The fraction of sp³-hybridized carbons (Fsp3) is 0.154. The van der Waals surface area contributed by atoms with Gasteiger partial charge >= 0.3 is 0 Å². The van der Waals surface area contributed by atoms with Crippen LogP contribution in [-0.4, -0.2) is 12.1 Å². The van der Waals surface area contributed by atoms with E-state index >= 15 is 0 Å². The average Bonchev–Trinajstić information content (AvgIpc) is 2.92. The lowest BCUT2D eigenvalue weighted by Crippen LogP contribution is -1.80. The van der Waals surface area contributed by atoms with Crippen LogP contribution in [0.4, 0.5) is 0 Å². The van der Waals surface area contributed by atoms with Crippen molar-refractivity contribution in [3.05, 3.63) is 35.3 Å². The first-order valence-electron chi connectivity index (χ1n) is 5.27.